The van der Waals surface area contributed by atoms with E-state index in [2.05, 4.69) is 5.32 Å². The molecule has 0 spiro atoms. The van der Waals surface area contributed by atoms with Gasteiger partial charge in [-0.2, -0.15) is 0 Å². The van der Waals surface area contributed by atoms with Crippen LogP contribution in [0.2, 0.25) is 5.02 Å². The molecule has 0 radical (unpaired) electrons. The molecular formula is C16H14ClNO5. The Morgan fingerprint density at radius 3 is 2.70 bits per heavy atom. The molecule has 0 fully saturated rings. The Morgan fingerprint density at radius 1 is 1.22 bits per heavy atom. The Hall–Kier alpha value is -2.60. The number of fused-ring (bicyclic) bond motifs is 1. The standard InChI is InChI=1S/C16H14ClNO5/c1-21-12-6-4-9-13(14(12)22-2)16(20)23-15(9)18-10-7-8(17)3-5-11(10)19/h3-7,15,18-19H,1-2H3/t15-/m0/s1. The predicted molar refractivity (Wildman–Crippen MR) is 84.4 cm³/mol. The van der Waals surface area contributed by atoms with Crippen LogP contribution < -0.4 is 14.8 Å². The van der Waals surface area contributed by atoms with Crippen molar-refractivity contribution < 1.29 is 24.1 Å². The van der Waals surface area contributed by atoms with Crippen molar-refractivity contribution in [1.82, 2.24) is 0 Å². The molecular weight excluding hydrogens is 322 g/mol. The number of methoxy groups -OCH3 is 2. The average Bonchev–Trinajstić information content (AvgIpc) is 2.86. The highest BCUT2D eigenvalue weighted by molar-refractivity contribution is 6.30. The molecule has 1 aliphatic rings. The summed E-state index contributed by atoms with van der Waals surface area (Å²) in [7, 11) is 2.94. The molecule has 0 saturated heterocycles. The van der Waals surface area contributed by atoms with Gasteiger partial charge in [0, 0.05) is 10.6 Å². The van der Waals surface area contributed by atoms with Crippen LogP contribution in [0.1, 0.15) is 22.1 Å². The van der Waals surface area contributed by atoms with E-state index in [9.17, 15) is 9.90 Å². The number of cyclic esters (lactones) is 1. The van der Waals surface area contributed by atoms with Gasteiger partial charge < -0.3 is 24.6 Å². The summed E-state index contributed by atoms with van der Waals surface area (Å²) in [5.41, 5.74) is 1.25. The van der Waals surface area contributed by atoms with E-state index in [1.807, 2.05) is 0 Å². The summed E-state index contributed by atoms with van der Waals surface area (Å²) in [6.45, 7) is 0. The summed E-state index contributed by atoms with van der Waals surface area (Å²) < 4.78 is 15.8. The number of aromatic hydroxyl groups is 1. The smallest absolute Gasteiger partial charge is 0.344 e. The van der Waals surface area contributed by atoms with Gasteiger partial charge in [-0.05, 0) is 30.3 Å². The summed E-state index contributed by atoms with van der Waals surface area (Å²) in [4.78, 5) is 12.2. The van der Waals surface area contributed by atoms with Crippen LogP contribution in [-0.4, -0.2) is 25.3 Å². The molecule has 2 aromatic carbocycles. The summed E-state index contributed by atoms with van der Waals surface area (Å²) in [6.07, 6.45) is -0.762. The van der Waals surface area contributed by atoms with Crippen LogP contribution in [0.5, 0.6) is 17.2 Å². The number of hydrogen-bond acceptors (Lipinski definition) is 6. The predicted octanol–water partition coefficient (Wildman–Crippen LogP) is 3.34. The lowest BCUT2D eigenvalue weighted by atomic mass is 10.1. The first-order chi connectivity index (χ1) is 11.0. The van der Waals surface area contributed by atoms with Crippen molar-refractivity contribution in [1.29, 1.82) is 0 Å². The Kier molecular flexibility index (Phi) is 3.92. The van der Waals surface area contributed by atoms with Gasteiger partial charge in [0.2, 0.25) is 6.23 Å². The van der Waals surface area contributed by atoms with Gasteiger partial charge in [0.05, 0.1) is 19.9 Å². The molecule has 2 N–H and O–H groups in total. The SMILES string of the molecule is COc1ccc2c(c1OC)C(=O)O[C@@H]2Nc1cc(Cl)ccc1O. The number of carbonyl (C=O) groups is 1. The fraction of sp³-hybridized carbons (Fsp3) is 0.188. The number of ether oxygens (including phenoxy) is 3. The van der Waals surface area contributed by atoms with Gasteiger partial charge in [0.15, 0.2) is 11.5 Å². The molecule has 0 bridgehead atoms. The van der Waals surface area contributed by atoms with Crippen molar-refractivity contribution in [2.75, 3.05) is 19.5 Å². The number of anilines is 1. The lowest BCUT2D eigenvalue weighted by molar-refractivity contribution is 0.0434. The third kappa shape index (κ3) is 2.61. The molecule has 0 saturated carbocycles. The van der Waals surface area contributed by atoms with E-state index in [1.165, 1.54) is 20.3 Å². The lowest BCUT2D eigenvalue weighted by Crippen LogP contribution is -2.10. The highest BCUT2D eigenvalue weighted by Crippen LogP contribution is 2.42. The van der Waals surface area contributed by atoms with E-state index in [1.54, 1.807) is 24.3 Å². The molecule has 0 unspecified atom stereocenters. The zero-order valence-electron chi connectivity index (χ0n) is 12.4. The zero-order valence-corrected chi connectivity index (χ0v) is 13.2. The van der Waals surface area contributed by atoms with Gasteiger partial charge in [-0.1, -0.05) is 11.6 Å². The Balaban J connectivity index is 2.00. The molecule has 3 rings (SSSR count). The minimum absolute atomic E-state index is 0.000578. The molecule has 0 amide bonds. The second-order valence-corrected chi connectivity index (χ2v) is 5.29. The van der Waals surface area contributed by atoms with E-state index < -0.39 is 12.2 Å². The largest absolute Gasteiger partial charge is 0.506 e. The first kappa shape index (κ1) is 15.3. The third-order valence-electron chi connectivity index (χ3n) is 3.53. The van der Waals surface area contributed by atoms with Gasteiger partial charge in [0.25, 0.3) is 0 Å². The van der Waals surface area contributed by atoms with E-state index in [0.29, 0.717) is 33.3 Å². The minimum atomic E-state index is -0.762. The number of phenols is 1. The Bertz CT molecular complexity index is 777. The molecule has 1 heterocycles. The van der Waals surface area contributed by atoms with Crippen LogP contribution in [0.3, 0.4) is 0 Å². The summed E-state index contributed by atoms with van der Waals surface area (Å²) >= 11 is 5.92. The Morgan fingerprint density at radius 2 is 2.00 bits per heavy atom. The van der Waals surface area contributed by atoms with Gasteiger partial charge in [-0.3, -0.25) is 0 Å². The van der Waals surface area contributed by atoms with Gasteiger partial charge in [0.1, 0.15) is 11.3 Å². The van der Waals surface area contributed by atoms with E-state index in [-0.39, 0.29) is 5.75 Å². The van der Waals surface area contributed by atoms with Crippen LogP contribution in [-0.2, 0) is 4.74 Å². The second-order valence-electron chi connectivity index (χ2n) is 4.86. The maximum absolute atomic E-state index is 12.2. The first-order valence-electron chi connectivity index (χ1n) is 6.76. The van der Waals surface area contributed by atoms with Crippen molar-refractivity contribution in [3.63, 3.8) is 0 Å². The number of nitrogens with one attached hydrogen (secondary N) is 1. The second kappa shape index (κ2) is 5.89. The molecule has 0 aromatic heterocycles. The van der Waals surface area contributed by atoms with Crippen LogP contribution in [0.15, 0.2) is 30.3 Å². The Labute approximate surface area is 137 Å². The number of halogens is 1. The highest BCUT2D eigenvalue weighted by Gasteiger charge is 2.36. The maximum Gasteiger partial charge on any atom is 0.344 e. The number of rotatable bonds is 4. The molecule has 23 heavy (non-hydrogen) atoms. The molecule has 1 aliphatic heterocycles. The van der Waals surface area contributed by atoms with Crippen molar-refractivity contribution in [3.05, 3.63) is 46.5 Å². The normalized spacial score (nSPS) is 15.8. The zero-order chi connectivity index (χ0) is 16.6. The number of esters is 1. The molecule has 7 heteroatoms. The van der Waals surface area contributed by atoms with Crippen LogP contribution in [0, 0.1) is 0 Å². The van der Waals surface area contributed by atoms with Gasteiger partial charge in [-0.25, -0.2) is 4.79 Å². The maximum atomic E-state index is 12.2. The van der Waals surface area contributed by atoms with Crippen molar-refractivity contribution in [2.45, 2.75) is 6.23 Å². The minimum Gasteiger partial charge on any atom is -0.506 e. The number of carbonyl (C=O) groups excluding carboxylic acids is 1. The lowest BCUT2D eigenvalue weighted by Gasteiger charge is -2.16. The van der Waals surface area contributed by atoms with Gasteiger partial charge in [-0.15, -0.1) is 0 Å². The van der Waals surface area contributed by atoms with E-state index in [0.717, 1.165) is 0 Å². The number of hydrogen-bond donors (Lipinski definition) is 2. The topological polar surface area (TPSA) is 77.0 Å². The van der Waals surface area contributed by atoms with Gasteiger partial charge >= 0.3 is 5.97 Å². The highest BCUT2D eigenvalue weighted by atomic mass is 35.5. The average molecular weight is 336 g/mol. The van der Waals surface area contributed by atoms with Crippen molar-refractivity contribution >= 4 is 23.3 Å². The number of phenolic OH excluding ortho intramolecular Hbond substituents is 1. The monoisotopic (exact) mass is 335 g/mol. The molecule has 0 aliphatic carbocycles. The van der Waals surface area contributed by atoms with E-state index >= 15 is 0 Å². The fourth-order valence-corrected chi connectivity index (χ4v) is 2.65. The summed E-state index contributed by atoms with van der Waals surface area (Å²) in [5, 5.41) is 13.3. The first-order valence-corrected chi connectivity index (χ1v) is 7.14. The quantitative estimate of drug-likeness (QED) is 0.659. The molecule has 2 aromatic rings. The number of benzene rings is 2. The molecule has 6 nitrogen and oxygen atoms in total. The third-order valence-corrected chi connectivity index (χ3v) is 3.77. The summed E-state index contributed by atoms with van der Waals surface area (Å²) in [5.74, 6) is 0.221. The fourth-order valence-electron chi connectivity index (χ4n) is 2.47. The van der Waals surface area contributed by atoms with E-state index in [4.69, 9.17) is 25.8 Å². The van der Waals surface area contributed by atoms with Crippen molar-refractivity contribution in [2.24, 2.45) is 0 Å². The van der Waals surface area contributed by atoms with Crippen LogP contribution in [0.4, 0.5) is 5.69 Å². The van der Waals surface area contributed by atoms with Crippen LogP contribution in [0.25, 0.3) is 0 Å². The molecule has 120 valence electrons. The molecule has 1 atom stereocenters. The summed E-state index contributed by atoms with van der Waals surface area (Å²) in [6, 6.07) is 7.96. The van der Waals surface area contributed by atoms with Crippen molar-refractivity contribution in [3.8, 4) is 17.2 Å². The van der Waals surface area contributed by atoms with Crippen LogP contribution >= 0.6 is 11.6 Å².